The summed E-state index contributed by atoms with van der Waals surface area (Å²) in [6.45, 7) is 4.23. The van der Waals surface area contributed by atoms with Gasteiger partial charge in [0.25, 0.3) is 0 Å². The molecule has 3 N–H and O–H groups in total. The van der Waals surface area contributed by atoms with Gasteiger partial charge in [-0.05, 0) is 36.3 Å². The van der Waals surface area contributed by atoms with Crippen LogP contribution in [-0.4, -0.2) is 13.7 Å². The lowest BCUT2D eigenvalue weighted by Gasteiger charge is -2.15. The smallest absolute Gasteiger partial charge is 0.120 e. The van der Waals surface area contributed by atoms with Crippen molar-refractivity contribution in [3.8, 4) is 5.75 Å². The summed E-state index contributed by atoms with van der Waals surface area (Å²) in [4.78, 5) is 0. The fourth-order valence-corrected chi connectivity index (χ4v) is 2.55. The maximum Gasteiger partial charge on any atom is 0.120 e. The number of nitrogens with one attached hydrogen (secondary N) is 1. The zero-order valence-corrected chi connectivity index (χ0v) is 11.5. The topological polar surface area (TPSA) is 47.3 Å². The molecule has 0 bridgehead atoms. The summed E-state index contributed by atoms with van der Waals surface area (Å²) < 4.78 is 5.15. The van der Waals surface area contributed by atoms with Crippen molar-refractivity contribution in [2.75, 3.05) is 19.4 Å². The Labute approximate surface area is 110 Å². The van der Waals surface area contributed by atoms with E-state index < -0.39 is 0 Å². The first kappa shape index (κ1) is 13.2. The largest absolute Gasteiger partial charge is 0.497 e. The highest BCUT2D eigenvalue weighted by atomic mass is 16.5. The predicted molar refractivity (Wildman–Crippen MR) is 75.7 cm³/mol. The van der Waals surface area contributed by atoms with Gasteiger partial charge in [0.05, 0.1) is 7.11 Å². The third-order valence-electron chi connectivity index (χ3n) is 3.91. The lowest BCUT2D eigenvalue weighted by Crippen LogP contribution is -2.23. The second-order valence-electron chi connectivity index (χ2n) is 5.42. The molecule has 0 amide bonds. The van der Waals surface area contributed by atoms with E-state index in [0.717, 1.165) is 30.1 Å². The standard InChI is InChI=1S/C15H24N2O/c1-3-6-15(7-8-15)11-17-10-12-4-5-13(18-2)9-14(12)16/h4-5,9,17H,3,6-8,10-11,16H2,1-2H3. The Kier molecular flexibility index (Phi) is 4.12. The second-order valence-corrected chi connectivity index (χ2v) is 5.42. The van der Waals surface area contributed by atoms with E-state index in [9.17, 15) is 0 Å². The Morgan fingerprint density at radius 1 is 1.39 bits per heavy atom. The molecular weight excluding hydrogens is 224 g/mol. The Balaban J connectivity index is 1.83. The number of benzene rings is 1. The van der Waals surface area contributed by atoms with Crippen LogP contribution in [0, 0.1) is 5.41 Å². The lowest BCUT2D eigenvalue weighted by atomic mass is 10.0. The Bertz CT molecular complexity index is 399. The molecule has 0 spiro atoms. The first-order chi connectivity index (χ1) is 8.69. The van der Waals surface area contributed by atoms with E-state index in [2.05, 4.69) is 12.2 Å². The molecule has 2 rings (SSSR count). The van der Waals surface area contributed by atoms with Gasteiger partial charge >= 0.3 is 0 Å². The third kappa shape index (κ3) is 3.16. The summed E-state index contributed by atoms with van der Waals surface area (Å²) in [5.41, 5.74) is 8.56. The van der Waals surface area contributed by atoms with E-state index in [-0.39, 0.29) is 0 Å². The summed E-state index contributed by atoms with van der Waals surface area (Å²) in [5.74, 6) is 0.820. The number of anilines is 1. The molecule has 3 heteroatoms. The first-order valence-electron chi connectivity index (χ1n) is 6.82. The van der Waals surface area contributed by atoms with Gasteiger partial charge in [-0.15, -0.1) is 0 Å². The maximum atomic E-state index is 6.00. The molecule has 0 saturated heterocycles. The molecule has 1 fully saturated rings. The van der Waals surface area contributed by atoms with Gasteiger partial charge in [0.1, 0.15) is 5.75 Å². The van der Waals surface area contributed by atoms with Crippen LogP contribution in [0.3, 0.4) is 0 Å². The average molecular weight is 248 g/mol. The molecule has 1 saturated carbocycles. The van der Waals surface area contributed by atoms with Crippen LogP contribution in [0.4, 0.5) is 5.69 Å². The molecule has 0 aromatic heterocycles. The Morgan fingerprint density at radius 3 is 2.72 bits per heavy atom. The van der Waals surface area contributed by atoms with Crippen LogP contribution in [0.15, 0.2) is 18.2 Å². The molecule has 0 atom stereocenters. The molecule has 0 radical (unpaired) electrons. The Morgan fingerprint density at radius 2 is 2.17 bits per heavy atom. The number of ether oxygens (including phenoxy) is 1. The van der Waals surface area contributed by atoms with Crippen LogP contribution in [0.2, 0.25) is 0 Å². The number of hydrogen-bond donors (Lipinski definition) is 2. The van der Waals surface area contributed by atoms with Gasteiger partial charge in [0.15, 0.2) is 0 Å². The monoisotopic (exact) mass is 248 g/mol. The zero-order chi connectivity index (χ0) is 13.0. The lowest BCUT2D eigenvalue weighted by molar-refractivity contribution is 0.413. The van der Waals surface area contributed by atoms with Crippen molar-refractivity contribution in [3.05, 3.63) is 23.8 Å². The number of rotatable bonds is 7. The van der Waals surface area contributed by atoms with Crippen molar-refractivity contribution in [2.45, 2.75) is 39.2 Å². The quantitative estimate of drug-likeness (QED) is 0.729. The number of hydrogen-bond acceptors (Lipinski definition) is 3. The third-order valence-corrected chi connectivity index (χ3v) is 3.91. The molecule has 1 aromatic carbocycles. The first-order valence-corrected chi connectivity index (χ1v) is 6.82. The number of nitrogen functional groups attached to an aromatic ring is 1. The summed E-state index contributed by atoms with van der Waals surface area (Å²) in [5, 5.41) is 3.55. The highest BCUT2D eigenvalue weighted by Crippen LogP contribution is 2.48. The molecule has 3 nitrogen and oxygen atoms in total. The van der Waals surface area contributed by atoms with Gasteiger partial charge in [-0.25, -0.2) is 0 Å². The highest BCUT2D eigenvalue weighted by molar-refractivity contribution is 5.51. The molecule has 1 aliphatic rings. The van der Waals surface area contributed by atoms with E-state index in [0.29, 0.717) is 5.41 Å². The van der Waals surface area contributed by atoms with Crippen LogP contribution in [-0.2, 0) is 6.54 Å². The van der Waals surface area contributed by atoms with Crippen molar-refractivity contribution in [3.63, 3.8) is 0 Å². The van der Waals surface area contributed by atoms with Crippen LogP contribution >= 0.6 is 0 Å². The van der Waals surface area contributed by atoms with Crippen molar-refractivity contribution >= 4 is 5.69 Å². The summed E-state index contributed by atoms with van der Waals surface area (Å²) in [6.07, 6.45) is 5.39. The van der Waals surface area contributed by atoms with Gasteiger partial charge in [-0.2, -0.15) is 0 Å². The molecule has 0 heterocycles. The fourth-order valence-electron chi connectivity index (χ4n) is 2.55. The molecular formula is C15H24N2O. The van der Waals surface area contributed by atoms with Crippen molar-refractivity contribution in [1.82, 2.24) is 5.32 Å². The van der Waals surface area contributed by atoms with E-state index in [4.69, 9.17) is 10.5 Å². The van der Waals surface area contributed by atoms with Crippen LogP contribution < -0.4 is 15.8 Å². The molecule has 1 aromatic rings. The summed E-state index contributed by atoms with van der Waals surface area (Å²) in [6, 6.07) is 5.89. The van der Waals surface area contributed by atoms with Crippen molar-refractivity contribution in [2.24, 2.45) is 5.41 Å². The normalized spacial score (nSPS) is 16.6. The molecule has 0 unspecified atom stereocenters. The number of nitrogens with two attached hydrogens (primary N) is 1. The molecule has 18 heavy (non-hydrogen) atoms. The van der Waals surface area contributed by atoms with E-state index in [1.165, 1.54) is 25.7 Å². The summed E-state index contributed by atoms with van der Waals surface area (Å²) in [7, 11) is 1.66. The fraction of sp³-hybridized carbons (Fsp3) is 0.600. The van der Waals surface area contributed by atoms with Gasteiger partial charge in [-0.3, -0.25) is 0 Å². The maximum absolute atomic E-state index is 6.00. The zero-order valence-electron chi connectivity index (χ0n) is 11.5. The van der Waals surface area contributed by atoms with Gasteiger partial charge in [0, 0.05) is 24.8 Å². The molecule has 0 aliphatic heterocycles. The number of methoxy groups -OCH3 is 1. The minimum Gasteiger partial charge on any atom is -0.497 e. The Hall–Kier alpha value is -1.22. The van der Waals surface area contributed by atoms with Crippen LogP contribution in [0.25, 0.3) is 0 Å². The molecule has 100 valence electrons. The minimum absolute atomic E-state index is 0.593. The second kappa shape index (κ2) is 5.61. The minimum atomic E-state index is 0.593. The van der Waals surface area contributed by atoms with E-state index >= 15 is 0 Å². The van der Waals surface area contributed by atoms with E-state index in [1.807, 2.05) is 18.2 Å². The highest BCUT2D eigenvalue weighted by Gasteiger charge is 2.40. The molecule has 1 aliphatic carbocycles. The van der Waals surface area contributed by atoms with Gasteiger partial charge < -0.3 is 15.8 Å². The van der Waals surface area contributed by atoms with Crippen LogP contribution in [0.5, 0.6) is 5.75 Å². The van der Waals surface area contributed by atoms with Crippen LogP contribution in [0.1, 0.15) is 38.2 Å². The average Bonchev–Trinajstić information content (AvgIpc) is 3.12. The predicted octanol–water partition coefficient (Wildman–Crippen LogP) is 2.95. The van der Waals surface area contributed by atoms with Crippen molar-refractivity contribution in [1.29, 1.82) is 0 Å². The van der Waals surface area contributed by atoms with Gasteiger partial charge in [-0.1, -0.05) is 19.4 Å². The summed E-state index contributed by atoms with van der Waals surface area (Å²) >= 11 is 0. The van der Waals surface area contributed by atoms with Crippen molar-refractivity contribution < 1.29 is 4.74 Å². The van der Waals surface area contributed by atoms with E-state index in [1.54, 1.807) is 7.11 Å². The van der Waals surface area contributed by atoms with Gasteiger partial charge in [0.2, 0.25) is 0 Å². The SMILES string of the molecule is CCCC1(CNCc2ccc(OC)cc2N)CC1.